The van der Waals surface area contributed by atoms with Gasteiger partial charge in [0.1, 0.15) is 0 Å². The van der Waals surface area contributed by atoms with Gasteiger partial charge in [0.15, 0.2) is 0 Å². The number of aliphatic imine (C=N–C) groups is 1. The Kier molecular flexibility index (Phi) is 39.4. The Labute approximate surface area is 343 Å². The molecule has 2 aromatic heterocycles. The molecule has 8 nitrogen and oxygen atoms in total. The number of urea groups is 1. The molecule has 2 aliphatic carbocycles. The van der Waals surface area contributed by atoms with Crippen molar-refractivity contribution >= 4 is 97.9 Å². The first-order valence-electron chi connectivity index (χ1n) is 16.8. The number of benzene rings is 2. The molecule has 0 fully saturated rings. The Balaban J connectivity index is -0.000000292. The van der Waals surface area contributed by atoms with Gasteiger partial charge in [0.25, 0.3) is 0 Å². The van der Waals surface area contributed by atoms with Gasteiger partial charge in [0, 0.05) is 53.3 Å². The number of isocyanates is 1. The molecular weight excluding hydrogens is 992 g/mol. The van der Waals surface area contributed by atoms with Crippen molar-refractivity contribution in [2.75, 3.05) is 14.1 Å². The number of hydrogen-bond acceptors (Lipinski definition) is 4. The molecule has 2 aromatic carbocycles. The minimum absolute atomic E-state index is 0. The van der Waals surface area contributed by atoms with Crippen molar-refractivity contribution < 1.29 is 19.1 Å². The summed E-state index contributed by atoms with van der Waals surface area (Å²) in [5, 5.41) is 8.26. The fraction of sp³-hybridized carbons (Fsp3) is 0.514. The second kappa shape index (κ2) is 35.3. The Bertz CT molecular complexity index is 1420. The molecule has 2 heterocycles. The number of carbonyl (C=O) groups excluding carboxylic acids is 2. The van der Waals surface area contributed by atoms with Crippen molar-refractivity contribution in [1.29, 1.82) is 0 Å². The van der Waals surface area contributed by atoms with Crippen LogP contribution < -0.4 is 16.4 Å². The molecule has 0 saturated carbocycles. The quantitative estimate of drug-likeness (QED) is 0.0740. The third-order valence-electron chi connectivity index (χ3n) is 6.90. The topological polar surface area (TPSA) is 128 Å². The van der Waals surface area contributed by atoms with E-state index in [1.807, 2.05) is 61.5 Å². The third kappa shape index (κ3) is 18.3. The molecule has 0 spiro atoms. The summed E-state index contributed by atoms with van der Waals surface area (Å²) in [5.41, 5.74) is 13.7. The van der Waals surface area contributed by atoms with Crippen LogP contribution in [0.25, 0.3) is 21.8 Å². The summed E-state index contributed by atoms with van der Waals surface area (Å²) in [5.74, 6) is 0. The first kappa shape index (κ1) is 54.7. The number of aromatic nitrogens is 2. The molecule has 0 radical (unpaired) electrons. The van der Waals surface area contributed by atoms with E-state index in [2.05, 4.69) is 108 Å². The van der Waals surface area contributed by atoms with Crippen molar-refractivity contribution in [3.05, 3.63) is 71.0 Å². The van der Waals surface area contributed by atoms with Crippen LogP contribution in [0, 0.1) is 0 Å². The molecule has 2 amide bonds. The van der Waals surface area contributed by atoms with E-state index in [4.69, 9.17) is 10.5 Å². The van der Waals surface area contributed by atoms with Crippen LogP contribution in [0.2, 0.25) is 0 Å². The minimum atomic E-state index is -0.119. The van der Waals surface area contributed by atoms with Gasteiger partial charge in [-0.1, -0.05) is 99.2 Å². The summed E-state index contributed by atoms with van der Waals surface area (Å²) in [7, 11) is 3.65. The normalized spacial score (nSPS) is 13.9. The van der Waals surface area contributed by atoms with Gasteiger partial charge in [-0.25, -0.2) is 14.6 Å². The molecule has 2 aliphatic rings. The molecule has 6 rings (SSSR count). The van der Waals surface area contributed by atoms with Gasteiger partial charge in [-0.05, 0) is 61.8 Å². The fourth-order valence-corrected chi connectivity index (χ4v) is 5.24. The van der Waals surface area contributed by atoms with Gasteiger partial charge >= 0.3 is 55.5 Å². The van der Waals surface area contributed by atoms with Gasteiger partial charge in [-0.15, -0.1) is 24.0 Å². The zero-order chi connectivity index (χ0) is 36.2. The number of amides is 2. The van der Waals surface area contributed by atoms with Crippen LogP contribution >= 0.6 is 63.9 Å². The van der Waals surface area contributed by atoms with E-state index < -0.39 is 0 Å². The molecule has 6 N–H and O–H groups in total. The van der Waals surface area contributed by atoms with E-state index in [1.54, 1.807) is 7.05 Å². The number of nitrogens with two attached hydrogens (primary N) is 1. The number of fused-ring (bicyclic) bond motifs is 6. The van der Waals surface area contributed by atoms with Crippen molar-refractivity contribution in [3.63, 3.8) is 0 Å². The first-order chi connectivity index (χ1) is 23.0. The molecule has 4 aromatic rings. The van der Waals surface area contributed by atoms with Crippen molar-refractivity contribution in [3.8, 4) is 0 Å². The van der Waals surface area contributed by atoms with E-state index in [0.29, 0.717) is 9.47 Å². The molecule has 0 aliphatic heterocycles. The molecule has 0 saturated heterocycles. The van der Waals surface area contributed by atoms with Crippen molar-refractivity contribution in [2.24, 2.45) is 10.7 Å². The van der Waals surface area contributed by atoms with E-state index in [9.17, 15) is 4.79 Å². The monoisotopic (exact) mass is 1060 g/mol. The molecule has 279 valence electrons. The number of halogens is 3. The van der Waals surface area contributed by atoms with Crippen molar-refractivity contribution in [1.82, 2.24) is 20.6 Å². The average Bonchev–Trinajstić information content (AvgIpc) is 3.73. The van der Waals surface area contributed by atoms with Gasteiger partial charge in [-0.2, -0.15) is 0 Å². The number of para-hydroxylation sites is 2. The van der Waals surface area contributed by atoms with Gasteiger partial charge in [-0.3, -0.25) is 0 Å². The summed E-state index contributed by atoms with van der Waals surface area (Å²) in [6.45, 7) is 16.0. The zero-order valence-corrected chi connectivity index (χ0v) is 38.5. The standard InChI is InChI=1S/C14H17N3O.C12H14N2.C2H3NO.4C2H6.CH4.3HI.V/c1-15-14(18)17-12-8-4-6-10-9-5-2-3-7-11(9)16-13(10)12;13-10-6-3-5-9-8-4-1-2-7-11(8)14-12(9)10;1-3-2-4;4*1-2;;;;;/h2-3,5,7,12,16H,4,6,8H2,1H3,(H2,15,17,18);1-2,4,7,10,14H,3,5-6,13H2;1H3;4*1-2H3;1H4;3*1H;/q;;;;;;;;;;;+2/p-2. The number of hydrogen-bond donors (Lipinski definition) is 5. The predicted molar refractivity (Wildman–Crippen MR) is 239 cm³/mol. The Morgan fingerprint density at radius 2 is 1.22 bits per heavy atom. The SMILES string of the molecule is C.CC.CC.CC.CC.CN=C=O.CNC(=O)NC1CCCc2c1[nH]c1ccccc21.I.NC1CCCc2c1[nH]c1ccccc21.[I][V][I]. The summed E-state index contributed by atoms with van der Waals surface area (Å²) in [6, 6.07) is 17.0. The molecular formula is C37H63I3N6O2V. The van der Waals surface area contributed by atoms with Crippen LogP contribution in [0.5, 0.6) is 0 Å². The van der Waals surface area contributed by atoms with Crippen molar-refractivity contribution in [2.45, 2.75) is 113 Å². The number of carbonyl (C=O) groups is 1. The average molecular weight is 1060 g/mol. The molecule has 2 unspecified atom stereocenters. The first-order valence-corrected chi connectivity index (χ1v) is 25.8. The van der Waals surface area contributed by atoms with Crippen LogP contribution in [0.1, 0.15) is 123 Å². The van der Waals surface area contributed by atoms with E-state index >= 15 is 0 Å². The second-order valence-electron chi connectivity index (χ2n) is 9.17. The van der Waals surface area contributed by atoms with Crippen LogP contribution in [-0.2, 0) is 27.1 Å². The summed E-state index contributed by atoms with van der Waals surface area (Å²) < 4.78 is 0. The van der Waals surface area contributed by atoms with Crippen LogP contribution in [0.15, 0.2) is 53.5 Å². The fourth-order valence-electron chi connectivity index (χ4n) is 5.24. The molecule has 49 heavy (non-hydrogen) atoms. The third-order valence-corrected chi connectivity index (χ3v) is 6.90. The van der Waals surface area contributed by atoms with Gasteiger partial charge < -0.3 is 26.3 Å². The van der Waals surface area contributed by atoms with E-state index in [0.717, 1.165) is 31.2 Å². The van der Waals surface area contributed by atoms with E-state index in [-0.39, 0.29) is 49.5 Å². The van der Waals surface area contributed by atoms with Gasteiger partial charge in [0.05, 0.1) is 6.04 Å². The van der Waals surface area contributed by atoms with Gasteiger partial charge in [0.2, 0.25) is 6.08 Å². The Morgan fingerprint density at radius 3 is 1.65 bits per heavy atom. The maximum absolute atomic E-state index is 11.5. The number of nitrogens with zero attached hydrogens (tertiary/aromatic N) is 1. The molecule has 0 bridgehead atoms. The number of nitrogens with one attached hydrogen (secondary N) is 4. The number of aryl methyl sites for hydroxylation is 2. The summed E-state index contributed by atoms with van der Waals surface area (Å²) in [4.78, 5) is 30.2. The number of H-pyrrole nitrogens is 2. The number of rotatable bonds is 1. The van der Waals surface area contributed by atoms with Crippen LogP contribution in [0.4, 0.5) is 4.79 Å². The van der Waals surface area contributed by atoms with Crippen LogP contribution in [-0.4, -0.2) is 36.2 Å². The second-order valence-corrected chi connectivity index (χ2v) is 21.0. The zero-order valence-electron chi connectivity index (χ0n) is 30.5. The Hall–Kier alpha value is -1.10. The van der Waals surface area contributed by atoms with Crippen LogP contribution in [0.3, 0.4) is 0 Å². The summed E-state index contributed by atoms with van der Waals surface area (Å²) in [6.07, 6.45) is 8.00. The molecule has 2 atom stereocenters. The van der Waals surface area contributed by atoms with E-state index in [1.165, 1.54) is 64.8 Å². The number of aromatic amines is 2. The molecule has 12 heteroatoms. The maximum atomic E-state index is 11.5. The predicted octanol–water partition coefficient (Wildman–Crippen LogP) is 12.1. The summed E-state index contributed by atoms with van der Waals surface area (Å²) >= 11 is 4.74. The Morgan fingerprint density at radius 1 is 0.837 bits per heavy atom.